The molecule has 1 aliphatic heterocycles. The number of nitrogens with zero attached hydrogens (tertiary/aromatic N) is 4. The number of hydrogen-bond acceptors (Lipinski definition) is 3. The average molecular weight is 575 g/mol. The van der Waals surface area contributed by atoms with Crippen LogP contribution in [-0.2, 0) is 24.4 Å². The van der Waals surface area contributed by atoms with E-state index in [-0.39, 0.29) is 29.9 Å². The molecule has 1 aliphatic rings. The molecule has 2 N–H and O–H groups in total. The van der Waals surface area contributed by atoms with Gasteiger partial charge in [-0.1, -0.05) is 36.4 Å². The van der Waals surface area contributed by atoms with Crippen LogP contribution in [0.2, 0.25) is 0 Å². The third-order valence-electron chi connectivity index (χ3n) is 6.05. The van der Waals surface area contributed by atoms with E-state index in [1.165, 1.54) is 16.6 Å². The minimum absolute atomic E-state index is 0. The summed E-state index contributed by atoms with van der Waals surface area (Å²) in [4.78, 5) is 23.9. The van der Waals surface area contributed by atoms with E-state index in [1.807, 2.05) is 23.1 Å². The largest absolute Gasteiger partial charge is 0.357 e. The molecule has 0 bridgehead atoms. The van der Waals surface area contributed by atoms with Crippen LogP contribution < -0.4 is 10.6 Å². The molecule has 4 rings (SSSR count). The van der Waals surface area contributed by atoms with Crippen molar-refractivity contribution >= 4 is 46.9 Å². The number of imidazole rings is 1. The third-order valence-corrected chi connectivity index (χ3v) is 6.05. The summed E-state index contributed by atoms with van der Waals surface area (Å²) < 4.78 is 2.26. The number of benzene rings is 2. The van der Waals surface area contributed by atoms with Gasteiger partial charge in [-0.15, -0.1) is 24.0 Å². The van der Waals surface area contributed by atoms with E-state index in [1.54, 1.807) is 0 Å². The summed E-state index contributed by atoms with van der Waals surface area (Å²) in [6.45, 7) is 8.74. The van der Waals surface area contributed by atoms with E-state index in [0.717, 1.165) is 69.4 Å². The SMILES string of the molecule is CCNC(=NCCCn1c(C)nc2ccccc21)NCCCC(=O)N1Cc2ccccc2C1.I. The Labute approximate surface area is 219 Å². The number of guanidine groups is 1. The molecule has 182 valence electrons. The number of aromatic nitrogens is 2. The van der Waals surface area contributed by atoms with Crippen LogP contribution in [0.15, 0.2) is 53.5 Å². The molecule has 0 saturated heterocycles. The van der Waals surface area contributed by atoms with Crippen molar-refractivity contribution < 1.29 is 4.79 Å². The zero-order valence-corrected chi connectivity index (χ0v) is 22.4. The van der Waals surface area contributed by atoms with Crippen LogP contribution in [0.3, 0.4) is 0 Å². The molecule has 0 atom stereocenters. The Bertz CT molecular complexity index is 1100. The lowest BCUT2D eigenvalue weighted by Gasteiger charge is -2.16. The van der Waals surface area contributed by atoms with Crippen LogP contribution in [0.25, 0.3) is 11.0 Å². The van der Waals surface area contributed by atoms with Crippen molar-refractivity contribution in [3.8, 4) is 0 Å². The summed E-state index contributed by atoms with van der Waals surface area (Å²) in [6, 6.07) is 16.5. The monoisotopic (exact) mass is 574 g/mol. The molecule has 8 heteroatoms. The van der Waals surface area contributed by atoms with Crippen molar-refractivity contribution in [1.29, 1.82) is 0 Å². The predicted molar refractivity (Wildman–Crippen MR) is 148 cm³/mol. The first kappa shape index (κ1) is 26.0. The molecule has 0 unspecified atom stereocenters. The Kier molecular flexibility index (Phi) is 9.74. The van der Waals surface area contributed by atoms with E-state index in [0.29, 0.717) is 6.42 Å². The molecule has 0 saturated carbocycles. The smallest absolute Gasteiger partial charge is 0.223 e. The number of carbonyl (C=O) groups excluding carboxylic acids is 1. The average Bonchev–Trinajstić information content (AvgIpc) is 3.40. The third kappa shape index (κ3) is 6.49. The summed E-state index contributed by atoms with van der Waals surface area (Å²) >= 11 is 0. The van der Waals surface area contributed by atoms with Gasteiger partial charge in [0.15, 0.2) is 5.96 Å². The highest BCUT2D eigenvalue weighted by Gasteiger charge is 2.22. The fourth-order valence-corrected chi connectivity index (χ4v) is 4.35. The second-order valence-electron chi connectivity index (χ2n) is 8.46. The van der Waals surface area contributed by atoms with Crippen molar-refractivity contribution in [3.63, 3.8) is 0 Å². The van der Waals surface area contributed by atoms with E-state index in [4.69, 9.17) is 4.99 Å². The second kappa shape index (κ2) is 12.7. The van der Waals surface area contributed by atoms with Gasteiger partial charge in [0, 0.05) is 45.7 Å². The molecule has 2 aromatic carbocycles. The van der Waals surface area contributed by atoms with Crippen LogP contribution in [0, 0.1) is 6.92 Å². The number of halogens is 1. The fraction of sp³-hybridized carbons (Fsp3) is 0.423. The van der Waals surface area contributed by atoms with Gasteiger partial charge in [0.25, 0.3) is 0 Å². The van der Waals surface area contributed by atoms with Gasteiger partial charge >= 0.3 is 0 Å². The van der Waals surface area contributed by atoms with Gasteiger partial charge in [0.2, 0.25) is 5.91 Å². The van der Waals surface area contributed by atoms with Gasteiger partial charge in [-0.2, -0.15) is 0 Å². The molecular weight excluding hydrogens is 539 g/mol. The summed E-state index contributed by atoms with van der Waals surface area (Å²) in [5, 5.41) is 6.66. The summed E-state index contributed by atoms with van der Waals surface area (Å²) in [5.74, 6) is 2.07. The highest BCUT2D eigenvalue weighted by Crippen LogP contribution is 2.22. The number of carbonyl (C=O) groups is 1. The Morgan fingerprint density at radius 1 is 1.03 bits per heavy atom. The maximum absolute atomic E-state index is 12.6. The summed E-state index contributed by atoms with van der Waals surface area (Å²) in [7, 11) is 0. The Balaban J connectivity index is 0.00000324. The van der Waals surface area contributed by atoms with E-state index < -0.39 is 0 Å². The zero-order chi connectivity index (χ0) is 23.0. The minimum Gasteiger partial charge on any atom is -0.357 e. The fourth-order valence-electron chi connectivity index (χ4n) is 4.35. The summed E-state index contributed by atoms with van der Waals surface area (Å²) in [5.41, 5.74) is 4.75. The molecule has 2 heterocycles. The highest BCUT2D eigenvalue weighted by molar-refractivity contribution is 14.0. The molecule has 0 fully saturated rings. The number of hydrogen-bond donors (Lipinski definition) is 2. The van der Waals surface area contributed by atoms with Crippen molar-refractivity contribution in [2.24, 2.45) is 4.99 Å². The van der Waals surface area contributed by atoms with E-state index in [9.17, 15) is 4.79 Å². The molecule has 1 aromatic heterocycles. The first-order valence-corrected chi connectivity index (χ1v) is 11.9. The number of fused-ring (bicyclic) bond motifs is 2. The number of para-hydroxylation sites is 2. The number of aliphatic imine (C=N–C) groups is 1. The Morgan fingerprint density at radius 3 is 2.47 bits per heavy atom. The van der Waals surface area contributed by atoms with Gasteiger partial charge in [0.1, 0.15) is 5.82 Å². The highest BCUT2D eigenvalue weighted by atomic mass is 127. The lowest BCUT2D eigenvalue weighted by Crippen LogP contribution is -2.38. The quantitative estimate of drug-likeness (QED) is 0.174. The van der Waals surface area contributed by atoms with Gasteiger partial charge in [0.05, 0.1) is 11.0 Å². The Morgan fingerprint density at radius 2 is 1.74 bits per heavy atom. The lowest BCUT2D eigenvalue weighted by atomic mass is 10.1. The van der Waals surface area contributed by atoms with Gasteiger partial charge < -0.3 is 20.1 Å². The van der Waals surface area contributed by atoms with Crippen LogP contribution in [-0.4, -0.2) is 46.0 Å². The molecule has 0 spiro atoms. The number of aryl methyl sites for hydroxylation is 2. The van der Waals surface area contributed by atoms with Crippen molar-refractivity contribution in [1.82, 2.24) is 25.1 Å². The van der Waals surface area contributed by atoms with Crippen molar-refractivity contribution in [2.45, 2.75) is 52.7 Å². The summed E-state index contributed by atoms with van der Waals surface area (Å²) in [6.07, 6.45) is 2.27. The zero-order valence-electron chi connectivity index (χ0n) is 20.1. The van der Waals surface area contributed by atoms with Crippen LogP contribution in [0.1, 0.15) is 43.1 Å². The number of rotatable bonds is 9. The Hall–Kier alpha value is -2.62. The van der Waals surface area contributed by atoms with Crippen molar-refractivity contribution in [3.05, 3.63) is 65.5 Å². The van der Waals surface area contributed by atoms with Gasteiger partial charge in [-0.05, 0) is 49.9 Å². The number of amides is 1. The van der Waals surface area contributed by atoms with E-state index >= 15 is 0 Å². The molecule has 34 heavy (non-hydrogen) atoms. The predicted octanol–water partition coefficient (Wildman–Crippen LogP) is 4.23. The molecule has 3 aromatic rings. The maximum Gasteiger partial charge on any atom is 0.223 e. The van der Waals surface area contributed by atoms with Crippen molar-refractivity contribution in [2.75, 3.05) is 19.6 Å². The van der Waals surface area contributed by atoms with Crippen LogP contribution >= 0.6 is 24.0 Å². The second-order valence-corrected chi connectivity index (χ2v) is 8.46. The van der Waals surface area contributed by atoms with Crippen LogP contribution in [0.5, 0.6) is 0 Å². The normalized spacial score (nSPS) is 13.0. The van der Waals surface area contributed by atoms with Gasteiger partial charge in [-0.3, -0.25) is 9.79 Å². The molecule has 0 radical (unpaired) electrons. The molecule has 0 aliphatic carbocycles. The molecule has 7 nitrogen and oxygen atoms in total. The number of nitrogens with one attached hydrogen (secondary N) is 2. The first-order valence-electron chi connectivity index (χ1n) is 11.9. The topological polar surface area (TPSA) is 74.5 Å². The van der Waals surface area contributed by atoms with Crippen LogP contribution in [0.4, 0.5) is 0 Å². The van der Waals surface area contributed by atoms with E-state index in [2.05, 4.69) is 64.4 Å². The molecule has 1 amide bonds. The molecular formula is C26H35IN6O. The van der Waals surface area contributed by atoms with Gasteiger partial charge in [-0.25, -0.2) is 4.98 Å². The minimum atomic E-state index is 0. The standard InChI is InChI=1S/C26H34N6O.HI/c1-3-27-26(29-16-9-17-32-20(2)30-23-12-6-7-13-24(23)32)28-15-8-14-25(33)31-18-21-10-4-5-11-22(21)19-31;/h4-7,10-13H,3,8-9,14-19H2,1-2H3,(H2,27,28,29);1H. The lowest BCUT2D eigenvalue weighted by molar-refractivity contribution is -0.131. The maximum atomic E-state index is 12.6. The first-order chi connectivity index (χ1) is 16.2.